The third-order valence-corrected chi connectivity index (χ3v) is 12.6. The van der Waals surface area contributed by atoms with Crippen molar-refractivity contribution in [3.63, 3.8) is 0 Å². The molecule has 0 bridgehead atoms. The average Bonchev–Trinajstić information content (AvgIpc) is 3.30. The zero-order chi connectivity index (χ0) is 45.5. The summed E-state index contributed by atoms with van der Waals surface area (Å²) in [4.78, 5) is 14.6. The maximum absolute atomic E-state index is 14.6. The first-order chi connectivity index (χ1) is 31.5. The number of esters is 1. The first kappa shape index (κ1) is 45.2. The van der Waals surface area contributed by atoms with E-state index in [1.165, 1.54) is 5.56 Å². The van der Waals surface area contributed by atoms with Crippen LogP contribution in [0.1, 0.15) is 88.8 Å². The van der Waals surface area contributed by atoms with E-state index in [1.54, 1.807) is 0 Å². The van der Waals surface area contributed by atoms with Crippen LogP contribution in [0.3, 0.4) is 0 Å². The summed E-state index contributed by atoms with van der Waals surface area (Å²) < 4.78 is 38.5. The van der Waals surface area contributed by atoms with E-state index in [9.17, 15) is 4.79 Å². The highest BCUT2D eigenvalue weighted by atomic mass is 31.1. The second-order valence-corrected chi connectivity index (χ2v) is 18.1. The Hall–Kier alpha value is -6.39. The zero-order valence-corrected chi connectivity index (χ0v) is 39.9. The Labute approximate surface area is 385 Å². The molecule has 2 unspecified atom stereocenters. The first-order valence-electron chi connectivity index (χ1n) is 21.9. The van der Waals surface area contributed by atoms with Crippen LogP contribution in [-0.4, -0.2) is 5.97 Å². The van der Waals surface area contributed by atoms with E-state index in [0.717, 1.165) is 77.7 Å². The van der Waals surface area contributed by atoms with Gasteiger partial charge < -0.3 is 27.6 Å². The lowest BCUT2D eigenvalue weighted by molar-refractivity contribution is 0.0471. The first-order valence-corrected chi connectivity index (χ1v) is 23.6. The van der Waals surface area contributed by atoms with Crippen LogP contribution in [0.25, 0.3) is 32.7 Å². The Balaban J connectivity index is 1.17. The van der Waals surface area contributed by atoms with Crippen LogP contribution in [0.5, 0.6) is 28.7 Å². The van der Waals surface area contributed by atoms with Gasteiger partial charge in [0.1, 0.15) is 47.5 Å². The van der Waals surface area contributed by atoms with Crippen LogP contribution < -0.4 is 22.8 Å². The second kappa shape index (κ2) is 20.6. The number of hydrogen-bond acceptors (Lipinski definition) is 7. The largest absolute Gasteiger partial charge is 0.489 e. The number of hydrogen-bond donors (Lipinski definition) is 0. The Morgan fingerprint density at radius 2 is 1.02 bits per heavy atom. The van der Waals surface area contributed by atoms with Crippen molar-refractivity contribution in [2.45, 2.75) is 73.5 Å². The van der Waals surface area contributed by atoms with Gasteiger partial charge in [-0.15, -0.1) is 0 Å². The Morgan fingerprint density at radius 1 is 0.492 bits per heavy atom. The van der Waals surface area contributed by atoms with Crippen molar-refractivity contribution in [3.05, 3.63) is 196 Å². The van der Waals surface area contributed by atoms with Crippen LogP contribution in [-0.2, 0) is 18.0 Å². The highest BCUT2D eigenvalue weighted by Crippen LogP contribution is 2.50. The van der Waals surface area contributed by atoms with E-state index in [1.807, 2.05) is 91.9 Å². The van der Waals surface area contributed by atoms with Gasteiger partial charge in [0.2, 0.25) is 0 Å². The summed E-state index contributed by atoms with van der Waals surface area (Å²) in [5.41, 5.74) is 9.17. The van der Waals surface area contributed by atoms with Crippen molar-refractivity contribution in [1.29, 1.82) is 0 Å². The number of benzene rings is 8. The van der Waals surface area contributed by atoms with Crippen LogP contribution in [0, 0.1) is 20.8 Å². The SMILES string of the molecule is Cc1ccc(COc2ccc(COC(=O)c3cc4ccccc4c(-c4c(OPOc5cc(C)ccc5C(C)C)ccc5ccccc45)c3OPOc3cc(C)ccc3C(C)C)cc2)cc1. The number of aryl methyl sites for hydroxylation is 3. The molecule has 8 aromatic rings. The molecule has 0 aliphatic rings. The third kappa shape index (κ3) is 10.8. The van der Waals surface area contributed by atoms with E-state index in [0.29, 0.717) is 23.7 Å². The lowest BCUT2D eigenvalue weighted by Crippen LogP contribution is -2.08. The molecule has 0 saturated heterocycles. The summed E-state index contributed by atoms with van der Waals surface area (Å²) in [7, 11) is -0.861. The summed E-state index contributed by atoms with van der Waals surface area (Å²) in [6.45, 7) is 15.2. The second-order valence-electron chi connectivity index (χ2n) is 17.0. The molecule has 0 heterocycles. The summed E-state index contributed by atoms with van der Waals surface area (Å²) >= 11 is 0. The van der Waals surface area contributed by atoms with Gasteiger partial charge in [-0.1, -0.05) is 149 Å². The van der Waals surface area contributed by atoms with E-state index >= 15 is 0 Å². The molecule has 330 valence electrons. The molecule has 0 fully saturated rings. The van der Waals surface area contributed by atoms with Gasteiger partial charge in [0.15, 0.2) is 0 Å². The van der Waals surface area contributed by atoms with Crippen molar-refractivity contribution in [2.24, 2.45) is 0 Å². The molecule has 0 amide bonds. The Morgan fingerprint density at radius 3 is 1.65 bits per heavy atom. The normalized spacial score (nSPS) is 11.6. The Kier molecular flexibility index (Phi) is 14.3. The van der Waals surface area contributed by atoms with Crippen LogP contribution in [0.4, 0.5) is 0 Å². The van der Waals surface area contributed by atoms with Crippen molar-refractivity contribution in [1.82, 2.24) is 0 Å². The zero-order valence-electron chi connectivity index (χ0n) is 37.9. The molecule has 0 radical (unpaired) electrons. The predicted octanol–water partition coefficient (Wildman–Crippen LogP) is 15.7. The highest BCUT2D eigenvalue weighted by molar-refractivity contribution is 7.27. The minimum atomic E-state index is -0.538. The highest BCUT2D eigenvalue weighted by Gasteiger charge is 2.27. The minimum Gasteiger partial charge on any atom is -0.489 e. The lowest BCUT2D eigenvalue weighted by Gasteiger charge is -2.22. The molecule has 0 aromatic heterocycles. The maximum atomic E-state index is 14.6. The van der Waals surface area contributed by atoms with E-state index in [2.05, 4.69) is 108 Å². The monoisotopic (exact) mass is 900 g/mol. The molecule has 7 nitrogen and oxygen atoms in total. The molecule has 9 heteroatoms. The number of rotatable bonds is 17. The molecular formula is C56H54O7P2. The van der Waals surface area contributed by atoms with Crippen molar-refractivity contribution in [3.8, 4) is 39.9 Å². The van der Waals surface area contributed by atoms with E-state index in [-0.39, 0.29) is 33.0 Å². The van der Waals surface area contributed by atoms with Gasteiger partial charge in [-0.05, 0) is 124 Å². The summed E-state index contributed by atoms with van der Waals surface area (Å²) in [5.74, 6) is 3.11. The van der Waals surface area contributed by atoms with Gasteiger partial charge in [0.25, 0.3) is 18.1 Å². The molecular weight excluding hydrogens is 847 g/mol. The molecule has 0 saturated carbocycles. The molecule has 8 rings (SSSR count). The minimum absolute atomic E-state index is 0.0386. The van der Waals surface area contributed by atoms with Crippen LogP contribution in [0.15, 0.2) is 152 Å². The quantitative estimate of drug-likeness (QED) is 0.0666. The topological polar surface area (TPSA) is 72.5 Å². The third-order valence-electron chi connectivity index (χ3n) is 11.4. The van der Waals surface area contributed by atoms with Crippen LogP contribution >= 0.6 is 18.1 Å². The van der Waals surface area contributed by atoms with Gasteiger partial charge in [-0.25, -0.2) is 4.79 Å². The number of carbonyl (C=O) groups is 1. The standard InChI is InChI=1S/C56H54O7P2/c1-35(2)45-27-18-38(6)30-51(45)61-64-60-50-29-24-42-12-8-10-14-47(42)53(50)54-48-15-11-9-13-43(48)32-49(55(54)63-65-62-52-31-39(7)19-28-46(52)36(3)4)56(57)59-34-41-22-25-44(26-23-41)58-33-40-20-16-37(5)17-21-40/h8-32,35-36,64-65H,33-34H2,1-7H3. The van der Waals surface area contributed by atoms with E-state index < -0.39 is 15.0 Å². The Bertz CT molecular complexity index is 2940. The van der Waals surface area contributed by atoms with Crippen molar-refractivity contribution < 1.29 is 32.4 Å². The maximum Gasteiger partial charge on any atom is 0.342 e. The summed E-state index contributed by atoms with van der Waals surface area (Å²) in [6, 6.07) is 50.4. The predicted molar refractivity (Wildman–Crippen MR) is 268 cm³/mol. The molecule has 2 atom stereocenters. The van der Waals surface area contributed by atoms with Gasteiger partial charge in [-0.2, -0.15) is 0 Å². The fourth-order valence-electron chi connectivity index (χ4n) is 7.82. The molecule has 0 aliphatic heterocycles. The van der Waals surface area contributed by atoms with E-state index in [4.69, 9.17) is 27.6 Å². The summed E-state index contributed by atoms with van der Waals surface area (Å²) in [6.07, 6.45) is 0. The number of carbonyl (C=O) groups excluding carboxylic acids is 1. The molecule has 8 aromatic carbocycles. The smallest absolute Gasteiger partial charge is 0.342 e. The molecule has 0 spiro atoms. The fraction of sp³-hybridized carbons (Fsp3) is 0.196. The van der Waals surface area contributed by atoms with Gasteiger partial charge in [0.05, 0.1) is 0 Å². The number of ether oxygens (including phenoxy) is 2. The summed E-state index contributed by atoms with van der Waals surface area (Å²) in [5, 5.41) is 3.62. The van der Waals surface area contributed by atoms with Crippen molar-refractivity contribution in [2.75, 3.05) is 0 Å². The molecule has 0 N–H and O–H groups in total. The van der Waals surface area contributed by atoms with Crippen LogP contribution in [0.2, 0.25) is 0 Å². The number of fused-ring (bicyclic) bond motifs is 2. The molecule has 65 heavy (non-hydrogen) atoms. The average molecular weight is 901 g/mol. The lowest BCUT2D eigenvalue weighted by atomic mass is 9.90. The van der Waals surface area contributed by atoms with Gasteiger partial charge >= 0.3 is 5.97 Å². The van der Waals surface area contributed by atoms with Gasteiger partial charge in [0, 0.05) is 11.1 Å². The van der Waals surface area contributed by atoms with Crippen molar-refractivity contribution >= 4 is 45.6 Å². The fourth-order valence-corrected chi connectivity index (χ4v) is 8.99. The van der Waals surface area contributed by atoms with Gasteiger partial charge in [-0.3, -0.25) is 0 Å². The molecule has 0 aliphatic carbocycles.